The standard InChI is InChI=1S/C15H19N5O6/c1-4-24-15(23)12-11-13(19(3)17-12)14(22)20(18-16-11)10-6-5-9(26-10)7-25-8(2)21/h9-10H,4-7H2,1-3H3. The van der Waals surface area contributed by atoms with Crippen LogP contribution >= 0.6 is 0 Å². The second-order valence-electron chi connectivity index (χ2n) is 5.82. The highest BCUT2D eigenvalue weighted by molar-refractivity contribution is 5.99. The number of ether oxygens (including phenoxy) is 3. The van der Waals surface area contributed by atoms with E-state index >= 15 is 0 Å². The van der Waals surface area contributed by atoms with Gasteiger partial charge in [0.1, 0.15) is 6.61 Å². The Morgan fingerprint density at radius 2 is 2.08 bits per heavy atom. The minimum Gasteiger partial charge on any atom is -0.463 e. The molecule has 1 aliphatic rings. The molecule has 0 aliphatic carbocycles. The van der Waals surface area contributed by atoms with Crippen LogP contribution in [0.25, 0.3) is 11.0 Å². The highest BCUT2D eigenvalue weighted by atomic mass is 16.6. The predicted molar refractivity (Wildman–Crippen MR) is 86.3 cm³/mol. The molecule has 0 saturated carbocycles. The molecule has 11 nitrogen and oxygen atoms in total. The molecular formula is C15H19N5O6. The summed E-state index contributed by atoms with van der Waals surface area (Å²) in [6.45, 7) is 3.29. The zero-order chi connectivity index (χ0) is 18.8. The second kappa shape index (κ2) is 7.20. The average Bonchev–Trinajstić information content (AvgIpc) is 3.19. The maximum Gasteiger partial charge on any atom is 0.361 e. The number of fused-ring (bicyclic) bond motifs is 1. The van der Waals surface area contributed by atoms with Crippen molar-refractivity contribution in [2.45, 2.75) is 39.0 Å². The van der Waals surface area contributed by atoms with Gasteiger partial charge in [-0.1, -0.05) is 5.21 Å². The summed E-state index contributed by atoms with van der Waals surface area (Å²) in [7, 11) is 1.54. The largest absolute Gasteiger partial charge is 0.463 e. The number of rotatable bonds is 5. The van der Waals surface area contributed by atoms with Crippen LogP contribution in [0, 0.1) is 0 Å². The number of aryl methyl sites for hydroxylation is 1. The molecule has 1 saturated heterocycles. The van der Waals surface area contributed by atoms with E-state index in [1.54, 1.807) is 6.92 Å². The third-order valence-electron chi connectivity index (χ3n) is 3.97. The van der Waals surface area contributed by atoms with Crippen molar-refractivity contribution in [3.05, 3.63) is 16.0 Å². The molecule has 1 fully saturated rings. The van der Waals surface area contributed by atoms with Crippen LogP contribution in [0.1, 0.15) is 43.4 Å². The van der Waals surface area contributed by atoms with Gasteiger partial charge in [0.05, 0.1) is 12.7 Å². The molecule has 2 aromatic heterocycles. The number of esters is 2. The van der Waals surface area contributed by atoms with Gasteiger partial charge >= 0.3 is 11.9 Å². The van der Waals surface area contributed by atoms with Crippen LogP contribution in [0.3, 0.4) is 0 Å². The lowest BCUT2D eigenvalue weighted by atomic mass is 10.2. The summed E-state index contributed by atoms with van der Waals surface area (Å²) in [6.07, 6.45) is 0.203. The number of nitrogens with zero attached hydrogens (tertiary/aromatic N) is 5. The van der Waals surface area contributed by atoms with Crippen LogP contribution in [0.15, 0.2) is 4.79 Å². The van der Waals surface area contributed by atoms with Crippen molar-refractivity contribution in [3.63, 3.8) is 0 Å². The van der Waals surface area contributed by atoms with Crippen LogP contribution in [0.5, 0.6) is 0 Å². The van der Waals surface area contributed by atoms with E-state index in [0.29, 0.717) is 12.8 Å². The Morgan fingerprint density at radius 3 is 2.77 bits per heavy atom. The van der Waals surface area contributed by atoms with E-state index in [1.807, 2.05) is 0 Å². The van der Waals surface area contributed by atoms with Gasteiger partial charge in [-0.15, -0.1) is 5.10 Å². The average molecular weight is 365 g/mol. The molecule has 0 radical (unpaired) electrons. The van der Waals surface area contributed by atoms with Crippen molar-refractivity contribution in [3.8, 4) is 0 Å². The molecule has 2 atom stereocenters. The van der Waals surface area contributed by atoms with E-state index in [-0.39, 0.29) is 36.0 Å². The maximum atomic E-state index is 12.8. The minimum absolute atomic E-state index is 0.0545. The topological polar surface area (TPSA) is 127 Å². The highest BCUT2D eigenvalue weighted by Crippen LogP contribution is 2.27. The number of carbonyl (C=O) groups is 2. The fourth-order valence-electron chi connectivity index (χ4n) is 2.81. The van der Waals surface area contributed by atoms with Crippen LogP contribution < -0.4 is 5.56 Å². The summed E-state index contributed by atoms with van der Waals surface area (Å²) in [6, 6.07) is 0. The number of carbonyl (C=O) groups excluding carboxylic acids is 2. The van der Waals surface area contributed by atoms with Crippen LogP contribution in [-0.2, 0) is 26.1 Å². The summed E-state index contributed by atoms with van der Waals surface area (Å²) in [5.74, 6) is -1.06. The normalized spacial score (nSPS) is 19.7. The molecule has 1 aliphatic heterocycles. The Morgan fingerprint density at radius 1 is 1.31 bits per heavy atom. The second-order valence-corrected chi connectivity index (χ2v) is 5.82. The fourth-order valence-corrected chi connectivity index (χ4v) is 2.81. The first-order chi connectivity index (χ1) is 12.4. The van der Waals surface area contributed by atoms with Crippen molar-refractivity contribution in [1.82, 2.24) is 24.8 Å². The van der Waals surface area contributed by atoms with Gasteiger partial charge in [0.15, 0.2) is 23.0 Å². The Labute approximate surface area is 147 Å². The Kier molecular flexibility index (Phi) is 4.98. The summed E-state index contributed by atoms with van der Waals surface area (Å²) < 4.78 is 18.0. The van der Waals surface area contributed by atoms with Crippen LogP contribution in [0.4, 0.5) is 0 Å². The molecule has 2 aromatic rings. The lowest BCUT2D eigenvalue weighted by Gasteiger charge is -2.14. The van der Waals surface area contributed by atoms with Gasteiger partial charge in [-0.2, -0.15) is 9.78 Å². The van der Waals surface area contributed by atoms with E-state index in [4.69, 9.17) is 14.2 Å². The van der Waals surface area contributed by atoms with Crippen molar-refractivity contribution in [1.29, 1.82) is 0 Å². The monoisotopic (exact) mass is 365 g/mol. The number of hydrogen-bond donors (Lipinski definition) is 0. The maximum absolute atomic E-state index is 12.8. The predicted octanol–water partition coefficient (Wildman–Crippen LogP) is -0.0576. The van der Waals surface area contributed by atoms with Gasteiger partial charge in [-0.05, 0) is 19.8 Å². The zero-order valence-corrected chi connectivity index (χ0v) is 14.7. The number of aromatic nitrogens is 5. The molecule has 0 spiro atoms. The van der Waals surface area contributed by atoms with Crippen molar-refractivity contribution in [2.75, 3.05) is 13.2 Å². The van der Waals surface area contributed by atoms with Gasteiger partial charge in [0.25, 0.3) is 5.56 Å². The summed E-state index contributed by atoms with van der Waals surface area (Å²) in [4.78, 5) is 35.6. The van der Waals surface area contributed by atoms with E-state index < -0.39 is 23.7 Å². The van der Waals surface area contributed by atoms with Crippen molar-refractivity contribution >= 4 is 23.0 Å². The summed E-state index contributed by atoms with van der Waals surface area (Å²) in [5.41, 5.74) is -0.309. The van der Waals surface area contributed by atoms with Gasteiger partial charge < -0.3 is 14.2 Å². The minimum atomic E-state index is -0.664. The molecule has 0 amide bonds. The third kappa shape index (κ3) is 3.29. The third-order valence-corrected chi connectivity index (χ3v) is 3.97. The first-order valence-electron chi connectivity index (χ1n) is 8.20. The van der Waals surface area contributed by atoms with Gasteiger partial charge in [-0.3, -0.25) is 14.3 Å². The number of hydrogen-bond acceptors (Lipinski definition) is 9. The van der Waals surface area contributed by atoms with Crippen molar-refractivity contribution in [2.24, 2.45) is 7.05 Å². The van der Waals surface area contributed by atoms with Gasteiger partial charge in [-0.25, -0.2) is 4.79 Å². The molecule has 140 valence electrons. The lowest BCUT2D eigenvalue weighted by Crippen LogP contribution is -2.30. The summed E-state index contributed by atoms with van der Waals surface area (Å²) >= 11 is 0. The van der Waals surface area contributed by atoms with E-state index in [1.165, 1.54) is 18.7 Å². The smallest absolute Gasteiger partial charge is 0.361 e. The van der Waals surface area contributed by atoms with E-state index in [0.717, 1.165) is 4.68 Å². The molecule has 3 heterocycles. The van der Waals surface area contributed by atoms with E-state index in [2.05, 4.69) is 15.4 Å². The molecule has 26 heavy (non-hydrogen) atoms. The first kappa shape index (κ1) is 18.0. The Balaban J connectivity index is 1.89. The quantitative estimate of drug-likeness (QED) is 0.669. The zero-order valence-electron chi connectivity index (χ0n) is 14.7. The highest BCUT2D eigenvalue weighted by Gasteiger charge is 2.31. The molecule has 2 unspecified atom stereocenters. The van der Waals surface area contributed by atoms with Crippen molar-refractivity contribution < 1.29 is 23.8 Å². The van der Waals surface area contributed by atoms with Gasteiger partial charge in [0.2, 0.25) is 0 Å². The fraction of sp³-hybridized carbons (Fsp3) is 0.600. The molecule has 0 aromatic carbocycles. The SMILES string of the molecule is CCOC(=O)c1nn(C)c2c(=O)n(C3CCC(COC(C)=O)O3)nnc12. The first-order valence-corrected chi connectivity index (χ1v) is 8.20. The lowest BCUT2D eigenvalue weighted by molar-refractivity contribution is -0.145. The molecule has 0 N–H and O–H groups in total. The Hall–Kier alpha value is -2.82. The molecule has 0 bridgehead atoms. The Bertz CT molecular complexity index is 904. The summed E-state index contributed by atoms with van der Waals surface area (Å²) in [5, 5.41) is 11.9. The van der Waals surface area contributed by atoms with Crippen LogP contribution in [0.2, 0.25) is 0 Å². The molecule has 3 rings (SSSR count). The molecule has 11 heteroatoms. The van der Waals surface area contributed by atoms with Gasteiger partial charge in [0, 0.05) is 14.0 Å². The van der Waals surface area contributed by atoms with Crippen LogP contribution in [-0.4, -0.2) is 56.0 Å². The van der Waals surface area contributed by atoms with E-state index in [9.17, 15) is 14.4 Å². The molecular weight excluding hydrogens is 346 g/mol.